The molecule has 5 aromatic rings. The van der Waals surface area contributed by atoms with Gasteiger partial charge in [0.05, 0.1) is 5.69 Å². The fourth-order valence-electron chi connectivity index (χ4n) is 3.45. The Morgan fingerprint density at radius 1 is 0.867 bits per heavy atom. The van der Waals surface area contributed by atoms with Gasteiger partial charge < -0.3 is 5.32 Å². The van der Waals surface area contributed by atoms with Gasteiger partial charge in [-0.25, -0.2) is 0 Å². The zero-order valence-corrected chi connectivity index (χ0v) is 17.7. The number of nitrogens with one attached hydrogen (secondary N) is 1. The Morgan fingerprint density at radius 3 is 2.43 bits per heavy atom. The average Bonchev–Trinajstić information content (AvgIpc) is 3.17. The number of rotatable bonds is 3. The van der Waals surface area contributed by atoms with Crippen LogP contribution in [0.2, 0.25) is 0 Å². The predicted molar refractivity (Wildman–Crippen MR) is 123 cm³/mol. The van der Waals surface area contributed by atoms with Crippen LogP contribution in [0.1, 0.15) is 15.9 Å². The highest BCUT2D eigenvalue weighted by molar-refractivity contribution is 9.10. The molecule has 0 unspecified atom stereocenters. The van der Waals surface area contributed by atoms with Crippen LogP contribution in [-0.4, -0.2) is 20.9 Å². The number of halogens is 1. The number of amides is 1. The van der Waals surface area contributed by atoms with Crippen molar-refractivity contribution in [3.63, 3.8) is 0 Å². The van der Waals surface area contributed by atoms with Gasteiger partial charge in [-0.1, -0.05) is 57.9 Å². The molecule has 1 amide bonds. The van der Waals surface area contributed by atoms with Crippen LogP contribution in [0.25, 0.3) is 27.5 Å². The smallest absolute Gasteiger partial charge is 0.256 e. The Labute approximate surface area is 181 Å². The van der Waals surface area contributed by atoms with Crippen molar-refractivity contribution in [2.24, 2.45) is 0 Å². The van der Waals surface area contributed by atoms with Crippen molar-refractivity contribution in [1.82, 2.24) is 15.0 Å². The normalized spacial score (nSPS) is 11.1. The second kappa shape index (κ2) is 7.39. The minimum Gasteiger partial charge on any atom is -0.322 e. The SMILES string of the molecule is Cc1ccc(-n2nc3ccc(NC(=O)c4cccc5c(Br)cccc45)cc3n2)cc1. The van der Waals surface area contributed by atoms with Crippen LogP contribution < -0.4 is 5.32 Å². The molecule has 146 valence electrons. The first-order valence-corrected chi connectivity index (χ1v) is 10.3. The molecule has 0 saturated carbocycles. The molecule has 5 nitrogen and oxygen atoms in total. The minimum atomic E-state index is -0.163. The summed E-state index contributed by atoms with van der Waals surface area (Å²) in [6.07, 6.45) is 0. The van der Waals surface area contributed by atoms with Crippen LogP contribution >= 0.6 is 15.9 Å². The van der Waals surface area contributed by atoms with E-state index in [-0.39, 0.29) is 5.91 Å². The van der Waals surface area contributed by atoms with Gasteiger partial charge in [-0.2, -0.15) is 4.80 Å². The zero-order valence-electron chi connectivity index (χ0n) is 16.1. The molecule has 0 radical (unpaired) electrons. The summed E-state index contributed by atoms with van der Waals surface area (Å²) in [6, 6.07) is 25.1. The highest BCUT2D eigenvalue weighted by Crippen LogP contribution is 2.27. The van der Waals surface area contributed by atoms with Crippen LogP contribution in [0.4, 0.5) is 5.69 Å². The number of nitrogens with zero attached hydrogens (tertiary/aromatic N) is 3. The number of anilines is 1. The van der Waals surface area contributed by atoms with Gasteiger partial charge in [0.1, 0.15) is 11.0 Å². The Hall–Kier alpha value is -3.51. The molecule has 0 aliphatic carbocycles. The molecule has 0 fully saturated rings. The number of carbonyl (C=O) groups is 1. The summed E-state index contributed by atoms with van der Waals surface area (Å²) in [6.45, 7) is 2.04. The van der Waals surface area contributed by atoms with E-state index >= 15 is 0 Å². The molecule has 0 atom stereocenters. The Morgan fingerprint density at radius 2 is 1.60 bits per heavy atom. The van der Waals surface area contributed by atoms with Crippen LogP contribution in [0.15, 0.2) is 83.3 Å². The second-order valence-corrected chi connectivity index (χ2v) is 7.98. The van der Waals surface area contributed by atoms with E-state index < -0.39 is 0 Å². The lowest BCUT2D eigenvalue weighted by Crippen LogP contribution is -2.12. The van der Waals surface area contributed by atoms with Crippen molar-refractivity contribution in [1.29, 1.82) is 0 Å². The first-order valence-electron chi connectivity index (χ1n) is 9.51. The predicted octanol–water partition coefficient (Wildman–Crippen LogP) is 5.90. The monoisotopic (exact) mass is 456 g/mol. The first-order chi connectivity index (χ1) is 14.6. The molecule has 0 aliphatic heterocycles. The van der Waals surface area contributed by atoms with E-state index in [1.54, 1.807) is 4.80 Å². The number of hydrogen-bond acceptors (Lipinski definition) is 3. The standard InChI is InChI=1S/C24H17BrN4O/c1-15-8-11-17(12-9-15)29-27-22-13-10-16(14-23(22)28-29)26-24(30)20-6-2-5-19-18(20)4-3-7-21(19)25/h2-14H,1H3,(H,26,30). The topological polar surface area (TPSA) is 59.8 Å². The maximum atomic E-state index is 13.0. The quantitative estimate of drug-likeness (QED) is 0.367. The van der Waals surface area contributed by atoms with Crippen LogP contribution in [-0.2, 0) is 0 Å². The highest BCUT2D eigenvalue weighted by Gasteiger charge is 2.12. The molecule has 5 rings (SSSR count). The molecule has 30 heavy (non-hydrogen) atoms. The van der Waals surface area contributed by atoms with Crippen molar-refractivity contribution < 1.29 is 4.79 Å². The molecule has 1 aromatic heterocycles. The summed E-state index contributed by atoms with van der Waals surface area (Å²) >= 11 is 3.55. The molecule has 0 bridgehead atoms. The minimum absolute atomic E-state index is 0.163. The number of fused-ring (bicyclic) bond motifs is 2. The molecule has 0 spiro atoms. The van der Waals surface area contributed by atoms with Gasteiger partial charge in [-0.15, -0.1) is 10.2 Å². The van der Waals surface area contributed by atoms with Crippen molar-refractivity contribution in [2.75, 3.05) is 5.32 Å². The summed E-state index contributed by atoms with van der Waals surface area (Å²) in [5, 5.41) is 14.0. The lowest BCUT2D eigenvalue weighted by atomic mass is 10.0. The van der Waals surface area contributed by atoms with Gasteiger partial charge in [-0.05, 0) is 60.2 Å². The van der Waals surface area contributed by atoms with E-state index in [0.29, 0.717) is 16.8 Å². The van der Waals surface area contributed by atoms with Gasteiger partial charge in [0, 0.05) is 15.7 Å². The maximum Gasteiger partial charge on any atom is 0.256 e. The van der Waals surface area contributed by atoms with E-state index in [9.17, 15) is 4.79 Å². The number of hydrogen-bond donors (Lipinski definition) is 1. The largest absolute Gasteiger partial charge is 0.322 e. The zero-order chi connectivity index (χ0) is 20.7. The molecule has 6 heteroatoms. The number of aryl methyl sites for hydroxylation is 1. The number of benzene rings is 4. The third-order valence-corrected chi connectivity index (χ3v) is 5.71. The van der Waals surface area contributed by atoms with E-state index in [2.05, 4.69) is 31.4 Å². The van der Waals surface area contributed by atoms with Crippen molar-refractivity contribution >= 4 is 49.3 Å². The van der Waals surface area contributed by atoms with Crippen molar-refractivity contribution in [3.05, 3.63) is 94.5 Å². The van der Waals surface area contributed by atoms with Crippen molar-refractivity contribution in [3.8, 4) is 5.69 Å². The fourth-order valence-corrected chi connectivity index (χ4v) is 3.95. The van der Waals surface area contributed by atoms with E-state index in [1.807, 2.05) is 85.8 Å². The fraction of sp³-hybridized carbons (Fsp3) is 0.0417. The molecule has 0 saturated heterocycles. The lowest BCUT2D eigenvalue weighted by Gasteiger charge is -2.09. The van der Waals surface area contributed by atoms with Crippen LogP contribution in [0, 0.1) is 6.92 Å². The van der Waals surface area contributed by atoms with Gasteiger partial charge in [-0.3, -0.25) is 4.79 Å². The Kier molecular flexibility index (Phi) is 4.56. The average molecular weight is 457 g/mol. The van der Waals surface area contributed by atoms with E-state index in [4.69, 9.17) is 0 Å². The Balaban J connectivity index is 1.46. The molecular formula is C24H17BrN4O. The summed E-state index contributed by atoms with van der Waals surface area (Å²) in [4.78, 5) is 14.6. The molecule has 1 heterocycles. The van der Waals surface area contributed by atoms with E-state index in [0.717, 1.165) is 26.4 Å². The van der Waals surface area contributed by atoms with Crippen LogP contribution in [0.3, 0.4) is 0 Å². The summed E-state index contributed by atoms with van der Waals surface area (Å²) in [5.41, 5.74) is 4.86. The lowest BCUT2D eigenvalue weighted by molar-refractivity contribution is 0.102. The highest BCUT2D eigenvalue weighted by atomic mass is 79.9. The summed E-state index contributed by atoms with van der Waals surface area (Å²) in [5.74, 6) is -0.163. The third-order valence-electron chi connectivity index (χ3n) is 5.02. The molecule has 4 aromatic carbocycles. The molecule has 0 aliphatic rings. The van der Waals surface area contributed by atoms with Gasteiger partial charge in [0.2, 0.25) is 0 Å². The van der Waals surface area contributed by atoms with Gasteiger partial charge in [0.15, 0.2) is 0 Å². The summed E-state index contributed by atoms with van der Waals surface area (Å²) in [7, 11) is 0. The third kappa shape index (κ3) is 3.35. The Bertz CT molecular complexity index is 1410. The second-order valence-electron chi connectivity index (χ2n) is 7.12. The molecule has 1 N–H and O–H groups in total. The number of carbonyl (C=O) groups excluding carboxylic acids is 1. The van der Waals surface area contributed by atoms with Gasteiger partial charge in [0.25, 0.3) is 5.91 Å². The van der Waals surface area contributed by atoms with Crippen molar-refractivity contribution in [2.45, 2.75) is 6.92 Å². The maximum absolute atomic E-state index is 13.0. The summed E-state index contributed by atoms with van der Waals surface area (Å²) < 4.78 is 0.962. The van der Waals surface area contributed by atoms with E-state index in [1.165, 1.54) is 5.56 Å². The molecular weight excluding hydrogens is 440 g/mol. The van der Waals surface area contributed by atoms with Crippen LogP contribution in [0.5, 0.6) is 0 Å². The van der Waals surface area contributed by atoms with Gasteiger partial charge >= 0.3 is 0 Å². The first kappa shape index (κ1) is 18.5. The number of aromatic nitrogens is 3.